The Labute approximate surface area is 216 Å². The predicted octanol–water partition coefficient (Wildman–Crippen LogP) is 2.99. The van der Waals surface area contributed by atoms with E-state index in [1.165, 1.54) is 37.3 Å². The van der Waals surface area contributed by atoms with Gasteiger partial charge >= 0.3 is 0 Å². The smallest absolute Gasteiger partial charge is 0.244 e. The van der Waals surface area contributed by atoms with E-state index in [0.717, 1.165) is 17.9 Å². The van der Waals surface area contributed by atoms with Gasteiger partial charge in [0, 0.05) is 20.0 Å². The Kier molecular flexibility index (Phi) is 9.24. The average molecular weight is 528 g/mol. The number of halogens is 1. The molecule has 0 saturated heterocycles. The summed E-state index contributed by atoms with van der Waals surface area (Å²) in [6.07, 6.45) is 1.09. The number of hydrogen-bond acceptors (Lipinski definition) is 5. The summed E-state index contributed by atoms with van der Waals surface area (Å²) in [6, 6.07) is 20.5. The van der Waals surface area contributed by atoms with Gasteiger partial charge < -0.3 is 15.0 Å². The Bertz CT molecular complexity index is 1330. The number of likely N-dealkylation sites (N-methyl/N-ethyl adjacent to an activating group) is 1. The first-order chi connectivity index (χ1) is 17.6. The zero-order valence-corrected chi connectivity index (χ0v) is 21.7. The molecule has 0 radical (unpaired) electrons. The first kappa shape index (κ1) is 27.7. The van der Waals surface area contributed by atoms with E-state index in [0.29, 0.717) is 15.6 Å². The molecular formula is C27H30FN3O5S. The molecule has 37 heavy (non-hydrogen) atoms. The molecule has 3 rings (SSSR count). The molecule has 3 aromatic carbocycles. The van der Waals surface area contributed by atoms with Gasteiger partial charge in [-0.05, 0) is 35.4 Å². The van der Waals surface area contributed by atoms with Gasteiger partial charge in [-0.25, -0.2) is 12.8 Å². The van der Waals surface area contributed by atoms with Crippen molar-refractivity contribution < 1.29 is 27.1 Å². The van der Waals surface area contributed by atoms with Crippen LogP contribution in [0, 0.1) is 5.82 Å². The summed E-state index contributed by atoms with van der Waals surface area (Å²) >= 11 is 0. The number of sulfonamides is 1. The molecule has 8 nitrogen and oxygen atoms in total. The van der Waals surface area contributed by atoms with Crippen LogP contribution in [0.5, 0.6) is 5.75 Å². The number of carbonyl (C=O) groups is 2. The highest BCUT2D eigenvalue weighted by molar-refractivity contribution is 7.92. The van der Waals surface area contributed by atoms with E-state index in [4.69, 9.17) is 4.74 Å². The van der Waals surface area contributed by atoms with Crippen LogP contribution in [0.1, 0.15) is 11.1 Å². The van der Waals surface area contributed by atoms with Gasteiger partial charge in [0.05, 0.1) is 19.1 Å². The molecule has 1 atom stereocenters. The number of ether oxygens (including phenoxy) is 1. The number of nitrogens with one attached hydrogen (secondary N) is 1. The van der Waals surface area contributed by atoms with Crippen molar-refractivity contribution >= 4 is 27.5 Å². The van der Waals surface area contributed by atoms with Gasteiger partial charge in [-0.2, -0.15) is 0 Å². The molecule has 0 saturated carbocycles. The highest BCUT2D eigenvalue weighted by atomic mass is 32.2. The zero-order chi connectivity index (χ0) is 27.0. The lowest BCUT2D eigenvalue weighted by Crippen LogP contribution is -2.53. The van der Waals surface area contributed by atoms with Crippen molar-refractivity contribution in [2.45, 2.75) is 19.0 Å². The summed E-state index contributed by atoms with van der Waals surface area (Å²) in [6.45, 7) is -0.693. The minimum Gasteiger partial charge on any atom is -0.497 e. The summed E-state index contributed by atoms with van der Waals surface area (Å²) in [5.74, 6) is -1.31. The van der Waals surface area contributed by atoms with Crippen molar-refractivity contribution in [3.8, 4) is 5.75 Å². The predicted molar refractivity (Wildman–Crippen MR) is 140 cm³/mol. The highest BCUT2D eigenvalue weighted by Gasteiger charge is 2.33. The van der Waals surface area contributed by atoms with Gasteiger partial charge in [-0.1, -0.05) is 54.6 Å². The SMILES string of the molecule is CNC(=O)C(Cc1ccccc1)N(Cc1cccc(OC)c1)C(=O)CN(c1ccccc1F)S(C)(=O)=O. The maximum atomic E-state index is 14.6. The number of nitrogens with zero attached hydrogens (tertiary/aromatic N) is 2. The van der Waals surface area contributed by atoms with Crippen molar-refractivity contribution in [1.29, 1.82) is 0 Å². The second kappa shape index (κ2) is 12.4. The third kappa shape index (κ3) is 7.29. The quantitative estimate of drug-likeness (QED) is 0.414. The first-order valence-electron chi connectivity index (χ1n) is 11.5. The standard InChI is InChI=1S/C27H30FN3O5S/c1-29-27(33)25(17-20-10-5-4-6-11-20)30(18-21-12-9-13-22(16-21)36-2)26(32)19-31(37(3,34)35)24-15-8-7-14-23(24)28/h4-16,25H,17-19H2,1-3H3,(H,29,33). The van der Waals surface area contributed by atoms with Gasteiger partial charge in [0.2, 0.25) is 21.8 Å². The molecule has 10 heteroatoms. The number of hydrogen-bond donors (Lipinski definition) is 1. The molecule has 0 aliphatic rings. The number of rotatable bonds is 11. The minimum absolute atomic E-state index is 0.00414. The summed E-state index contributed by atoms with van der Waals surface area (Å²) in [4.78, 5) is 28.2. The maximum Gasteiger partial charge on any atom is 0.244 e. The number of carbonyl (C=O) groups excluding carboxylic acids is 2. The van der Waals surface area contributed by atoms with Gasteiger partial charge in [0.15, 0.2) is 0 Å². The monoisotopic (exact) mass is 527 g/mol. The van der Waals surface area contributed by atoms with Crippen molar-refractivity contribution in [3.05, 3.63) is 95.8 Å². The van der Waals surface area contributed by atoms with Crippen LogP contribution in [0.25, 0.3) is 0 Å². The van der Waals surface area contributed by atoms with Crippen LogP contribution < -0.4 is 14.4 Å². The normalized spacial score (nSPS) is 11.9. The lowest BCUT2D eigenvalue weighted by Gasteiger charge is -2.33. The van der Waals surface area contributed by atoms with Gasteiger partial charge in [0.25, 0.3) is 0 Å². The largest absolute Gasteiger partial charge is 0.497 e. The molecule has 0 fully saturated rings. The van der Waals surface area contributed by atoms with Gasteiger partial charge in [0.1, 0.15) is 24.2 Å². The van der Waals surface area contributed by atoms with Crippen molar-refractivity contribution in [1.82, 2.24) is 10.2 Å². The number of benzene rings is 3. The Morgan fingerprint density at radius 2 is 1.62 bits per heavy atom. The molecule has 2 amide bonds. The Morgan fingerprint density at radius 3 is 2.24 bits per heavy atom. The lowest BCUT2D eigenvalue weighted by molar-refractivity contribution is -0.139. The Morgan fingerprint density at radius 1 is 0.973 bits per heavy atom. The lowest BCUT2D eigenvalue weighted by atomic mass is 10.0. The molecule has 3 aromatic rings. The van der Waals surface area contributed by atoms with E-state index >= 15 is 0 Å². The topological polar surface area (TPSA) is 96.0 Å². The molecule has 0 bridgehead atoms. The van der Waals surface area contributed by atoms with Gasteiger partial charge in [-0.3, -0.25) is 13.9 Å². The molecule has 0 spiro atoms. The minimum atomic E-state index is -4.04. The summed E-state index contributed by atoms with van der Waals surface area (Å²) in [5, 5.41) is 2.60. The Balaban J connectivity index is 2.04. The number of methoxy groups -OCH3 is 1. The fourth-order valence-corrected chi connectivity index (χ4v) is 4.79. The average Bonchev–Trinajstić information content (AvgIpc) is 2.89. The molecule has 0 heterocycles. The van der Waals surface area contributed by atoms with E-state index in [2.05, 4.69) is 5.32 Å². The van der Waals surface area contributed by atoms with Crippen LogP contribution in [0.3, 0.4) is 0 Å². The van der Waals surface area contributed by atoms with Crippen LogP contribution >= 0.6 is 0 Å². The van der Waals surface area contributed by atoms with E-state index in [-0.39, 0.29) is 18.7 Å². The molecular weight excluding hydrogens is 497 g/mol. The molecule has 0 aromatic heterocycles. The maximum absolute atomic E-state index is 14.6. The second-order valence-electron chi connectivity index (χ2n) is 8.41. The van der Waals surface area contributed by atoms with E-state index < -0.39 is 40.2 Å². The third-order valence-electron chi connectivity index (χ3n) is 5.80. The molecule has 196 valence electrons. The fourth-order valence-electron chi connectivity index (χ4n) is 3.94. The van der Waals surface area contributed by atoms with Crippen LogP contribution in [-0.4, -0.2) is 58.1 Å². The van der Waals surface area contributed by atoms with Gasteiger partial charge in [-0.15, -0.1) is 0 Å². The van der Waals surface area contributed by atoms with E-state index in [1.807, 2.05) is 30.3 Å². The van der Waals surface area contributed by atoms with Crippen LogP contribution in [0.4, 0.5) is 10.1 Å². The Hall–Kier alpha value is -3.92. The first-order valence-corrected chi connectivity index (χ1v) is 13.4. The number of para-hydroxylation sites is 1. The second-order valence-corrected chi connectivity index (χ2v) is 10.3. The van der Waals surface area contributed by atoms with Crippen LogP contribution in [-0.2, 0) is 32.6 Å². The van der Waals surface area contributed by atoms with Crippen molar-refractivity contribution in [2.75, 3.05) is 31.3 Å². The summed E-state index contributed by atoms with van der Waals surface area (Å²) in [5.41, 5.74) is 1.24. The summed E-state index contributed by atoms with van der Waals surface area (Å²) in [7, 11) is -1.05. The molecule has 0 aliphatic heterocycles. The van der Waals surface area contributed by atoms with Crippen LogP contribution in [0.2, 0.25) is 0 Å². The third-order valence-corrected chi connectivity index (χ3v) is 6.93. The fraction of sp³-hybridized carbons (Fsp3) is 0.259. The molecule has 1 N–H and O–H groups in total. The van der Waals surface area contributed by atoms with E-state index in [1.54, 1.807) is 24.3 Å². The van der Waals surface area contributed by atoms with Crippen LogP contribution in [0.15, 0.2) is 78.9 Å². The number of anilines is 1. The van der Waals surface area contributed by atoms with E-state index in [9.17, 15) is 22.4 Å². The highest BCUT2D eigenvalue weighted by Crippen LogP contribution is 2.23. The van der Waals surface area contributed by atoms with Crippen molar-refractivity contribution in [2.24, 2.45) is 0 Å². The molecule has 1 unspecified atom stereocenters. The number of amides is 2. The molecule has 0 aliphatic carbocycles. The summed E-state index contributed by atoms with van der Waals surface area (Å²) < 4.78 is 45.8. The van der Waals surface area contributed by atoms with Crippen molar-refractivity contribution in [3.63, 3.8) is 0 Å². The zero-order valence-electron chi connectivity index (χ0n) is 20.9.